The molecule has 5 nitrogen and oxygen atoms in total. The van der Waals surface area contributed by atoms with Crippen LogP contribution in [-0.2, 0) is 4.79 Å². The number of benzene rings is 1. The van der Waals surface area contributed by atoms with E-state index in [1.165, 1.54) is 18.1 Å². The summed E-state index contributed by atoms with van der Waals surface area (Å²) in [5, 5.41) is 8.94. The number of carbonyl (C=O) groups excluding carboxylic acids is 1. The van der Waals surface area contributed by atoms with E-state index in [4.69, 9.17) is 21.4 Å². The van der Waals surface area contributed by atoms with Gasteiger partial charge in [-0.3, -0.25) is 14.5 Å². The first kappa shape index (κ1) is 14.5. The van der Waals surface area contributed by atoms with Crippen LogP contribution in [0.3, 0.4) is 0 Å². The second-order valence-corrected chi connectivity index (χ2v) is 4.25. The van der Waals surface area contributed by atoms with Crippen LogP contribution in [0.15, 0.2) is 18.2 Å². The summed E-state index contributed by atoms with van der Waals surface area (Å²) >= 11 is 5.91. The van der Waals surface area contributed by atoms with E-state index < -0.39 is 5.97 Å². The van der Waals surface area contributed by atoms with Crippen LogP contribution in [0.1, 0.15) is 10.4 Å². The molecule has 0 aromatic heterocycles. The fourth-order valence-corrected chi connectivity index (χ4v) is 1.72. The highest BCUT2D eigenvalue weighted by atomic mass is 35.5. The number of aliphatic carboxylic acids is 1. The minimum Gasteiger partial charge on any atom is -0.495 e. The van der Waals surface area contributed by atoms with Gasteiger partial charge in [0.2, 0.25) is 0 Å². The molecule has 0 aliphatic heterocycles. The number of carboxylic acids is 1. The molecule has 1 aromatic rings. The van der Waals surface area contributed by atoms with Crippen molar-refractivity contribution in [1.29, 1.82) is 0 Å². The first-order chi connectivity index (χ1) is 8.43. The third-order valence-corrected chi connectivity index (χ3v) is 2.59. The standard InChI is InChI=1S/C12H14ClNO4/c1-14(7-12(16)17)6-10(15)8-3-4-11(18-2)9(13)5-8/h3-5H,6-7H2,1-2H3,(H,16,17). The zero-order valence-electron chi connectivity index (χ0n) is 10.1. The van der Waals surface area contributed by atoms with Gasteiger partial charge < -0.3 is 9.84 Å². The summed E-state index contributed by atoms with van der Waals surface area (Å²) in [6.07, 6.45) is 0. The number of likely N-dealkylation sites (N-methyl/N-ethyl adjacent to an activating group) is 1. The molecule has 0 saturated heterocycles. The molecule has 1 aromatic carbocycles. The first-order valence-electron chi connectivity index (χ1n) is 5.21. The highest BCUT2D eigenvalue weighted by Crippen LogP contribution is 2.25. The minimum atomic E-state index is -0.974. The average Bonchev–Trinajstić information content (AvgIpc) is 2.27. The third kappa shape index (κ3) is 4.01. The number of hydrogen-bond donors (Lipinski definition) is 1. The number of ketones is 1. The molecule has 0 radical (unpaired) electrons. The predicted molar refractivity (Wildman–Crippen MR) is 67.5 cm³/mol. The second kappa shape index (κ2) is 6.37. The Labute approximate surface area is 110 Å². The summed E-state index contributed by atoms with van der Waals surface area (Å²) < 4.78 is 4.98. The Morgan fingerprint density at radius 2 is 2.06 bits per heavy atom. The van der Waals surface area contributed by atoms with Crippen molar-refractivity contribution >= 4 is 23.4 Å². The number of hydrogen-bond acceptors (Lipinski definition) is 4. The molecule has 0 aliphatic rings. The molecule has 0 fully saturated rings. The number of carboxylic acid groups (broad SMARTS) is 1. The van der Waals surface area contributed by atoms with Crippen molar-refractivity contribution in [3.63, 3.8) is 0 Å². The molecular weight excluding hydrogens is 258 g/mol. The number of halogens is 1. The van der Waals surface area contributed by atoms with Gasteiger partial charge in [-0.25, -0.2) is 0 Å². The molecule has 0 amide bonds. The molecular formula is C12H14ClNO4. The Morgan fingerprint density at radius 3 is 2.56 bits per heavy atom. The van der Waals surface area contributed by atoms with Gasteiger partial charge in [0.05, 0.1) is 25.2 Å². The molecule has 0 spiro atoms. The van der Waals surface area contributed by atoms with Crippen molar-refractivity contribution in [1.82, 2.24) is 4.90 Å². The molecule has 18 heavy (non-hydrogen) atoms. The molecule has 1 rings (SSSR count). The van der Waals surface area contributed by atoms with E-state index >= 15 is 0 Å². The summed E-state index contributed by atoms with van der Waals surface area (Å²) in [6.45, 7) is -0.162. The summed E-state index contributed by atoms with van der Waals surface area (Å²) in [6, 6.07) is 4.71. The maximum absolute atomic E-state index is 11.9. The van der Waals surface area contributed by atoms with Crippen LogP contribution in [0, 0.1) is 0 Å². The van der Waals surface area contributed by atoms with E-state index in [9.17, 15) is 9.59 Å². The van der Waals surface area contributed by atoms with Gasteiger partial charge in [-0.05, 0) is 25.2 Å². The molecule has 98 valence electrons. The smallest absolute Gasteiger partial charge is 0.317 e. The summed E-state index contributed by atoms with van der Waals surface area (Å²) in [5.41, 5.74) is 0.429. The van der Waals surface area contributed by atoms with Gasteiger partial charge in [0.1, 0.15) is 5.75 Å². The van der Waals surface area contributed by atoms with Crippen molar-refractivity contribution < 1.29 is 19.4 Å². The van der Waals surface area contributed by atoms with Crippen molar-refractivity contribution in [2.75, 3.05) is 27.2 Å². The van der Waals surface area contributed by atoms with E-state index in [2.05, 4.69) is 0 Å². The predicted octanol–water partition coefficient (Wildman–Crippen LogP) is 1.55. The fourth-order valence-electron chi connectivity index (χ4n) is 1.46. The quantitative estimate of drug-likeness (QED) is 0.795. The molecule has 0 unspecified atom stereocenters. The van der Waals surface area contributed by atoms with Gasteiger partial charge >= 0.3 is 5.97 Å². The molecule has 0 bridgehead atoms. The lowest BCUT2D eigenvalue weighted by Gasteiger charge is -2.13. The summed E-state index contributed by atoms with van der Waals surface area (Å²) in [4.78, 5) is 23.7. The molecule has 0 atom stereocenters. The van der Waals surface area contributed by atoms with Crippen LogP contribution >= 0.6 is 11.6 Å². The van der Waals surface area contributed by atoms with Crippen LogP contribution in [0.5, 0.6) is 5.75 Å². The first-order valence-corrected chi connectivity index (χ1v) is 5.59. The van der Waals surface area contributed by atoms with Gasteiger partial charge in [-0.1, -0.05) is 11.6 Å². The Balaban J connectivity index is 2.72. The lowest BCUT2D eigenvalue weighted by atomic mass is 10.1. The third-order valence-electron chi connectivity index (χ3n) is 2.29. The van der Waals surface area contributed by atoms with E-state index in [-0.39, 0.29) is 18.9 Å². The van der Waals surface area contributed by atoms with Gasteiger partial charge in [-0.2, -0.15) is 0 Å². The normalized spacial score (nSPS) is 10.4. The highest BCUT2D eigenvalue weighted by Gasteiger charge is 2.13. The van der Waals surface area contributed by atoms with Crippen molar-refractivity contribution in [2.24, 2.45) is 0 Å². The lowest BCUT2D eigenvalue weighted by Crippen LogP contribution is -2.30. The topological polar surface area (TPSA) is 66.8 Å². The zero-order valence-corrected chi connectivity index (χ0v) is 10.9. The number of carbonyl (C=O) groups is 2. The second-order valence-electron chi connectivity index (χ2n) is 3.84. The highest BCUT2D eigenvalue weighted by molar-refractivity contribution is 6.32. The Morgan fingerprint density at radius 1 is 1.39 bits per heavy atom. The Hall–Kier alpha value is -1.59. The monoisotopic (exact) mass is 271 g/mol. The minimum absolute atomic E-state index is 0.0228. The van der Waals surface area contributed by atoms with E-state index in [0.29, 0.717) is 16.3 Å². The zero-order chi connectivity index (χ0) is 13.7. The molecule has 1 N–H and O–H groups in total. The molecule has 0 heterocycles. The van der Waals surface area contributed by atoms with E-state index in [1.807, 2.05) is 0 Å². The number of Topliss-reactive ketones (excluding diaryl/α,β-unsaturated/α-hetero) is 1. The van der Waals surface area contributed by atoms with Crippen LogP contribution in [0.25, 0.3) is 0 Å². The van der Waals surface area contributed by atoms with Crippen LogP contribution in [0.2, 0.25) is 5.02 Å². The average molecular weight is 272 g/mol. The molecule has 0 aliphatic carbocycles. The van der Waals surface area contributed by atoms with Crippen molar-refractivity contribution in [3.05, 3.63) is 28.8 Å². The molecule has 0 saturated carbocycles. The fraction of sp³-hybridized carbons (Fsp3) is 0.333. The van der Waals surface area contributed by atoms with E-state index in [0.717, 1.165) is 0 Å². The van der Waals surface area contributed by atoms with Crippen LogP contribution in [-0.4, -0.2) is 49.0 Å². The van der Waals surface area contributed by atoms with E-state index in [1.54, 1.807) is 19.2 Å². The Bertz CT molecular complexity index is 461. The SMILES string of the molecule is COc1ccc(C(=O)CN(C)CC(=O)O)cc1Cl. The summed E-state index contributed by atoms with van der Waals surface area (Å²) in [7, 11) is 3.06. The van der Waals surface area contributed by atoms with Gasteiger partial charge in [0.15, 0.2) is 5.78 Å². The van der Waals surface area contributed by atoms with Crippen molar-refractivity contribution in [2.45, 2.75) is 0 Å². The molecule has 6 heteroatoms. The van der Waals surface area contributed by atoms with Crippen LogP contribution in [0.4, 0.5) is 0 Å². The maximum Gasteiger partial charge on any atom is 0.317 e. The van der Waals surface area contributed by atoms with Crippen molar-refractivity contribution in [3.8, 4) is 5.75 Å². The van der Waals surface area contributed by atoms with Crippen LogP contribution < -0.4 is 4.74 Å². The number of rotatable bonds is 6. The summed E-state index contributed by atoms with van der Waals surface area (Å²) in [5.74, 6) is -0.673. The number of nitrogens with zero attached hydrogens (tertiary/aromatic N) is 1. The Kier molecular flexibility index (Phi) is 5.12. The number of ether oxygens (including phenoxy) is 1. The van der Waals surface area contributed by atoms with Gasteiger partial charge in [-0.15, -0.1) is 0 Å². The number of methoxy groups -OCH3 is 1. The van der Waals surface area contributed by atoms with Gasteiger partial charge in [0, 0.05) is 5.56 Å². The lowest BCUT2D eigenvalue weighted by molar-refractivity contribution is -0.137. The maximum atomic E-state index is 11.9. The van der Waals surface area contributed by atoms with Gasteiger partial charge in [0.25, 0.3) is 0 Å². The largest absolute Gasteiger partial charge is 0.495 e.